The lowest BCUT2D eigenvalue weighted by molar-refractivity contribution is -0.121. The number of carbonyl (C=O) groups excluding carboxylic acids is 2. The van der Waals surface area contributed by atoms with Crippen molar-refractivity contribution in [2.75, 3.05) is 11.9 Å². The van der Waals surface area contributed by atoms with E-state index in [9.17, 15) is 9.59 Å². The van der Waals surface area contributed by atoms with Crippen molar-refractivity contribution in [2.45, 2.75) is 52.1 Å². The third-order valence-electron chi connectivity index (χ3n) is 5.16. The molecule has 0 aromatic heterocycles. The molecule has 0 atom stereocenters. The van der Waals surface area contributed by atoms with E-state index in [4.69, 9.17) is 21.7 Å². The van der Waals surface area contributed by atoms with Crippen LogP contribution in [0.3, 0.4) is 0 Å². The highest BCUT2D eigenvalue weighted by molar-refractivity contribution is 7.80. The van der Waals surface area contributed by atoms with E-state index in [0.29, 0.717) is 17.0 Å². The van der Waals surface area contributed by atoms with Gasteiger partial charge in [-0.2, -0.15) is 0 Å². The maximum atomic E-state index is 12.3. The van der Waals surface area contributed by atoms with Crippen molar-refractivity contribution in [1.82, 2.24) is 5.32 Å². The molecule has 1 aliphatic rings. The molecule has 0 spiro atoms. The Morgan fingerprint density at radius 1 is 1.03 bits per heavy atom. The Kier molecular flexibility index (Phi) is 8.00. The molecular weight excluding hydrogens is 412 g/mol. The van der Waals surface area contributed by atoms with Gasteiger partial charge >= 0.3 is 5.97 Å². The molecule has 1 fully saturated rings. The van der Waals surface area contributed by atoms with Crippen LogP contribution in [0.4, 0.5) is 5.69 Å². The van der Waals surface area contributed by atoms with E-state index >= 15 is 0 Å². The summed E-state index contributed by atoms with van der Waals surface area (Å²) in [6.45, 7) is 3.75. The van der Waals surface area contributed by atoms with Gasteiger partial charge in [0.1, 0.15) is 11.9 Å². The number of hydrogen-bond donors (Lipinski definition) is 2. The Balaban J connectivity index is 1.44. The molecule has 31 heavy (non-hydrogen) atoms. The summed E-state index contributed by atoms with van der Waals surface area (Å²) < 4.78 is 11.2. The highest BCUT2D eigenvalue weighted by atomic mass is 32.1. The quantitative estimate of drug-likeness (QED) is 0.502. The molecule has 7 heteroatoms. The molecule has 0 saturated heterocycles. The zero-order chi connectivity index (χ0) is 22.2. The fraction of sp³-hybridized carbons (Fsp3) is 0.375. The smallest absolute Gasteiger partial charge is 0.338 e. The first-order valence-electron chi connectivity index (χ1n) is 10.5. The molecule has 2 aromatic carbocycles. The highest BCUT2D eigenvalue weighted by Gasteiger charge is 2.18. The second-order valence-corrected chi connectivity index (χ2v) is 8.21. The maximum Gasteiger partial charge on any atom is 0.338 e. The van der Waals surface area contributed by atoms with Gasteiger partial charge in [-0.05, 0) is 93.2 Å². The number of amides is 1. The minimum Gasteiger partial charge on any atom is -0.483 e. The fourth-order valence-electron chi connectivity index (χ4n) is 3.42. The van der Waals surface area contributed by atoms with E-state index in [1.54, 1.807) is 24.3 Å². The van der Waals surface area contributed by atoms with Crippen LogP contribution in [0.25, 0.3) is 0 Å². The summed E-state index contributed by atoms with van der Waals surface area (Å²) in [5, 5.41) is 5.68. The van der Waals surface area contributed by atoms with Crippen LogP contribution in [0.5, 0.6) is 5.75 Å². The van der Waals surface area contributed by atoms with Crippen LogP contribution in [0, 0.1) is 13.8 Å². The van der Waals surface area contributed by atoms with Gasteiger partial charge in [0, 0.05) is 5.69 Å². The van der Waals surface area contributed by atoms with Crippen LogP contribution >= 0.6 is 12.2 Å². The monoisotopic (exact) mass is 440 g/mol. The van der Waals surface area contributed by atoms with Crippen LogP contribution < -0.4 is 15.4 Å². The van der Waals surface area contributed by atoms with Crippen LogP contribution in [0.2, 0.25) is 0 Å². The molecule has 0 radical (unpaired) electrons. The van der Waals surface area contributed by atoms with Crippen LogP contribution in [0.15, 0.2) is 42.5 Å². The first kappa shape index (κ1) is 22.7. The molecule has 0 bridgehead atoms. The predicted octanol–water partition coefficient (Wildman–Crippen LogP) is 4.68. The molecule has 1 saturated carbocycles. The normalized spacial score (nSPS) is 13.9. The Bertz CT molecular complexity index is 937. The maximum absolute atomic E-state index is 12.3. The third-order valence-corrected chi connectivity index (χ3v) is 5.36. The summed E-state index contributed by atoms with van der Waals surface area (Å²) in [6.07, 6.45) is 5.33. The Labute approximate surface area is 188 Å². The van der Waals surface area contributed by atoms with Crippen LogP contribution in [-0.4, -0.2) is 29.7 Å². The summed E-state index contributed by atoms with van der Waals surface area (Å²) >= 11 is 5.19. The fourth-order valence-corrected chi connectivity index (χ4v) is 3.65. The number of rotatable bonds is 6. The number of thiocarbonyl (C=S) groups is 1. The molecule has 0 heterocycles. The minimum absolute atomic E-state index is 0.0210. The molecule has 3 rings (SSSR count). The molecule has 164 valence electrons. The number of esters is 1. The Morgan fingerprint density at radius 3 is 2.45 bits per heavy atom. The van der Waals surface area contributed by atoms with E-state index in [2.05, 4.69) is 10.6 Å². The van der Waals surface area contributed by atoms with Crippen molar-refractivity contribution in [1.29, 1.82) is 0 Å². The second-order valence-electron chi connectivity index (χ2n) is 7.80. The number of aryl methyl sites for hydroxylation is 2. The van der Waals surface area contributed by atoms with Crippen molar-refractivity contribution in [3.05, 3.63) is 59.2 Å². The lowest BCUT2D eigenvalue weighted by Gasteiger charge is -2.21. The van der Waals surface area contributed by atoms with Gasteiger partial charge in [-0.15, -0.1) is 0 Å². The van der Waals surface area contributed by atoms with Gasteiger partial charge in [0.25, 0.3) is 5.91 Å². The molecular formula is C24H28N2O4S. The summed E-state index contributed by atoms with van der Waals surface area (Å²) in [4.78, 5) is 24.4. The van der Waals surface area contributed by atoms with Crippen LogP contribution in [-0.2, 0) is 9.53 Å². The lowest BCUT2D eigenvalue weighted by atomic mass is 9.98. The number of benzene rings is 2. The van der Waals surface area contributed by atoms with E-state index in [-0.39, 0.29) is 29.7 Å². The largest absolute Gasteiger partial charge is 0.483 e. The van der Waals surface area contributed by atoms with Crippen LogP contribution in [0.1, 0.15) is 53.6 Å². The van der Waals surface area contributed by atoms with E-state index in [0.717, 1.165) is 36.8 Å². The molecule has 0 aliphatic heterocycles. The van der Waals surface area contributed by atoms with Gasteiger partial charge in [-0.25, -0.2) is 4.79 Å². The standard InChI is InChI=1S/C24H28N2O4S/c1-16-8-9-17(2)21(14-16)29-15-22(27)26-24(31)25-19-12-10-18(11-13-19)23(28)30-20-6-4-3-5-7-20/h8-14,20H,3-7,15H2,1-2H3,(H2,25,26,27,31). The summed E-state index contributed by atoms with van der Waals surface area (Å²) in [6, 6.07) is 12.6. The molecule has 1 amide bonds. The lowest BCUT2D eigenvalue weighted by Crippen LogP contribution is -2.37. The second kappa shape index (κ2) is 10.9. The van der Waals surface area contributed by atoms with Gasteiger partial charge in [0.05, 0.1) is 5.56 Å². The average molecular weight is 441 g/mol. The number of nitrogens with one attached hydrogen (secondary N) is 2. The van der Waals surface area contributed by atoms with Crippen molar-refractivity contribution in [3.63, 3.8) is 0 Å². The van der Waals surface area contributed by atoms with E-state index < -0.39 is 0 Å². The zero-order valence-electron chi connectivity index (χ0n) is 17.9. The predicted molar refractivity (Wildman–Crippen MR) is 125 cm³/mol. The summed E-state index contributed by atoms with van der Waals surface area (Å²) in [5.41, 5.74) is 3.17. The number of carbonyl (C=O) groups is 2. The van der Waals surface area contributed by atoms with Crippen molar-refractivity contribution < 1.29 is 19.1 Å². The minimum atomic E-state index is -0.355. The molecule has 1 aliphatic carbocycles. The average Bonchev–Trinajstić information content (AvgIpc) is 2.75. The first-order valence-corrected chi connectivity index (χ1v) is 10.9. The van der Waals surface area contributed by atoms with Gasteiger partial charge in [-0.1, -0.05) is 18.6 Å². The third kappa shape index (κ3) is 7.07. The van der Waals surface area contributed by atoms with Crippen molar-refractivity contribution >= 4 is 34.9 Å². The molecule has 0 unspecified atom stereocenters. The van der Waals surface area contributed by atoms with Gasteiger partial charge < -0.3 is 14.8 Å². The SMILES string of the molecule is Cc1ccc(C)c(OCC(=O)NC(=S)Nc2ccc(C(=O)OC3CCCCC3)cc2)c1. The molecule has 2 N–H and O–H groups in total. The van der Waals surface area contributed by atoms with Gasteiger partial charge in [0.2, 0.25) is 0 Å². The highest BCUT2D eigenvalue weighted by Crippen LogP contribution is 2.22. The molecule has 6 nitrogen and oxygen atoms in total. The van der Waals surface area contributed by atoms with Crippen molar-refractivity contribution in [3.8, 4) is 5.75 Å². The van der Waals surface area contributed by atoms with Gasteiger partial charge in [-0.3, -0.25) is 10.1 Å². The number of anilines is 1. The molecule has 2 aromatic rings. The van der Waals surface area contributed by atoms with E-state index in [1.807, 2.05) is 32.0 Å². The van der Waals surface area contributed by atoms with E-state index in [1.165, 1.54) is 6.42 Å². The topological polar surface area (TPSA) is 76.7 Å². The summed E-state index contributed by atoms with van der Waals surface area (Å²) in [7, 11) is 0. The Morgan fingerprint density at radius 2 is 1.74 bits per heavy atom. The first-order chi connectivity index (χ1) is 14.9. The van der Waals surface area contributed by atoms with Crippen molar-refractivity contribution in [2.24, 2.45) is 0 Å². The Hall–Kier alpha value is -2.93. The number of ether oxygens (including phenoxy) is 2. The van der Waals surface area contributed by atoms with Gasteiger partial charge in [0.15, 0.2) is 11.7 Å². The summed E-state index contributed by atoms with van der Waals surface area (Å²) in [5.74, 6) is 0.00809. The zero-order valence-corrected chi connectivity index (χ0v) is 18.7. The number of hydrogen-bond acceptors (Lipinski definition) is 5.